The molecule has 1 aliphatic rings. The van der Waals surface area contributed by atoms with Gasteiger partial charge < -0.3 is 5.11 Å². The number of halogens is 2. The molecule has 146 valence electrons. The fourth-order valence-corrected chi connectivity index (χ4v) is 4.84. The van der Waals surface area contributed by atoms with Gasteiger partial charge in [0.2, 0.25) is 10.0 Å². The molecule has 0 saturated heterocycles. The molecule has 0 heterocycles. The predicted molar refractivity (Wildman–Crippen MR) is 99.5 cm³/mol. The summed E-state index contributed by atoms with van der Waals surface area (Å²) in [7, 11) is -3.71. The molecule has 2 N–H and O–H groups in total. The van der Waals surface area contributed by atoms with Gasteiger partial charge in [-0.25, -0.2) is 21.9 Å². The van der Waals surface area contributed by atoms with Crippen LogP contribution in [-0.4, -0.2) is 25.2 Å². The summed E-state index contributed by atoms with van der Waals surface area (Å²) < 4.78 is 54.8. The predicted octanol–water partition coefficient (Wildman–Crippen LogP) is 3.85. The van der Waals surface area contributed by atoms with E-state index in [0.29, 0.717) is 18.4 Å². The largest absolute Gasteiger partial charge is 0.390 e. The van der Waals surface area contributed by atoms with E-state index < -0.39 is 27.3 Å². The topological polar surface area (TPSA) is 66.4 Å². The molecule has 1 fully saturated rings. The third-order valence-corrected chi connectivity index (χ3v) is 6.70. The summed E-state index contributed by atoms with van der Waals surface area (Å²) in [6.45, 7) is 3.48. The molecule has 0 aliphatic heterocycles. The second-order valence-electron chi connectivity index (χ2n) is 7.63. The van der Waals surface area contributed by atoms with Crippen LogP contribution in [-0.2, 0) is 10.0 Å². The summed E-state index contributed by atoms with van der Waals surface area (Å²) in [4.78, 5) is 0.0838. The molecule has 4 nitrogen and oxygen atoms in total. The van der Waals surface area contributed by atoms with Crippen molar-refractivity contribution in [1.82, 2.24) is 4.72 Å². The molecule has 0 unspecified atom stereocenters. The van der Waals surface area contributed by atoms with E-state index in [0.717, 1.165) is 18.6 Å². The van der Waals surface area contributed by atoms with Crippen LogP contribution in [0.5, 0.6) is 0 Å². The molecule has 1 saturated carbocycles. The van der Waals surface area contributed by atoms with Gasteiger partial charge in [-0.2, -0.15) is 0 Å². The third kappa shape index (κ3) is 4.54. The Hall–Kier alpha value is -1.83. The number of benzene rings is 2. The lowest BCUT2D eigenvalue weighted by atomic mass is 9.90. The summed E-state index contributed by atoms with van der Waals surface area (Å²) in [5, 5.41) is 10.1. The Kier molecular flexibility index (Phi) is 5.38. The van der Waals surface area contributed by atoms with E-state index in [1.54, 1.807) is 13.8 Å². The van der Waals surface area contributed by atoms with Crippen molar-refractivity contribution in [1.29, 1.82) is 0 Å². The molecule has 7 heteroatoms. The van der Waals surface area contributed by atoms with Crippen LogP contribution >= 0.6 is 0 Å². The van der Waals surface area contributed by atoms with E-state index in [1.165, 1.54) is 30.3 Å². The standard InChI is InChI=1S/C20H23F2NO3S/c1-20(2,24)14-5-7-16(11-14)23-27(25,26)17-8-3-13(4-9-17)18-10-6-15(21)12-19(18)22/h3-4,6,8-10,12,14,16,23-24H,5,7,11H2,1-2H3/t14-,16-/m0/s1. The smallest absolute Gasteiger partial charge is 0.240 e. The van der Waals surface area contributed by atoms with Gasteiger partial charge in [-0.1, -0.05) is 12.1 Å². The first kappa shape index (κ1) is 19.9. The van der Waals surface area contributed by atoms with E-state index in [9.17, 15) is 22.3 Å². The fraction of sp³-hybridized carbons (Fsp3) is 0.400. The summed E-state index contributed by atoms with van der Waals surface area (Å²) in [6, 6.07) is 8.86. The van der Waals surface area contributed by atoms with Gasteiger partial charge in [0.05, 0.1) is 10.5 Å². The second-order valence-corrected chi connectivity index (χ2v) is 9.34. The van der Waals surface area contributed by atoms with Crippen LogP contribution in [0.1, 0.15) is 33.1 Å². The van der Waals surface area contributed by atoms with Crippen molar-refractivity contribution in [2.24, 2.45) is 5.92 Å². The summed E-state index contributed by atoms with van der Waals surface area (Å²) in [5.41, 5.74) is -0.160. The highest BCUT2D eigenvalue weighted by molar-refractivity contribution is 7.89. The van der Waals surface area contributed by atoms with Crippen molar-refractivity contribution in [3.05, 3.63) is 54.1 Å². The minimum absolute atomic E-state index is 0.0500. The number of nitrogens with one attached hydrogen (secondary N) is 1. The Balaban J connectivity index is 1.74. The van der Waals surface area contributed by atoms with E-state index >= 15 is 0 Å². The molecule has 1 aliphatic carbocycles. The van der Waals surface area contributed by atoms with Crippen molar-refractivity contribution in [3.63, 3.8) is 0 Å². The molecular weight excluding hydrogens is 372 g/mol. The van der Waals surface area contributed by atoms with Gasteiger partial charge in [-0.05, 0) is 68.9 Å². The van der Waals surface area contributed by atoms with Crippen LogP contribution in [0.2, 0.25) is 0 Å². The van der Waals surface area contributed by atoms with Gasteiger partial charge in [-0.3, -0.25) is 0 Å². The summed E-state index contributed by atoms with van der Waals surface area (Å²) >= 11 is 0. The molecule has 0 aromatic heterocycles. The highest BCUT2D eigenvalue weighted by Crippen LogP contribution is 2.34. The lowest BCUT2D eigenvalue weighted by molar-refractivity contribution is 0.0193. The average Bonchev–Trinajstić information content (AvgIpc) is 3.03. The van der Waals surface area contributed by atoms with Gasteiger partial charge in [0.1, 0.15) is 11.6 Å². The number of sulfonamides is 1. The van der Waals surface area contributed by atoms with Crippen molar-refractivity contribution in [3.8, 4) is 11.1 Å². The third-order valence-electron chi connectivity index (χ3n) is 5.16. The average molecular weight is 395 g/mol. The highest BCUT2D eigenvalue weighted by atomic mass is 32.2. The van der Waals surface area contributed by atoms with E-state index in [2.05, 4.69) is 4.72 Å². The number of hydrogen-bond acceptors (Lipinski definition) is 3. The van der Waals surface area contributed by atoms with Crippen LogP contribution in [0.4, 0.5) is 8.78 Å². The zero-order valence-electron chi connectivity index (χ0n) is 15.2. The Bertz CT molecular complexity index is 921. The van der Waals surface area contributed by atoms with Crippen LogP contribution in [0, 0.1) is 17.6 Å². The van der Waals surface area contributed by atoms with E-state index in [4.69, 9.17) is 0 Å². The number of aliphatic hydroxyl groups is 1. The highest BCUT2D eigenvalue weighted by Gasteiger charge is 2.36. The maximum atomic E-state index is 13.9. The monoisotopic (exact) mass is 395 g/mol. The first-order valence-electron chi connectivity index (χ1n) is 8.86. The van der Waals surface area contributed by atoms with Crippen molar-refractivity contribution in [2.75, 3.05) is 0 Å². The Labute approximate surface area is 158 Å². The fourth-order valence-electron chi connectivity index (χ4n) is 3.55. The summed E-state index contributed by atoms with van der Waals surface area (Å²) in [6.07, 6.45) is 2.02. The van der Waals surface area contributed by atoms with Crippen LogP contribution in [0.15, 0.2) is 47.4 Å². The Morgan fingerprint density at radius 2 is 1.74 bits per heavy atom. The van der Waals surface area contributed by atoms with E-state index in [-0.39, 0.29) is 22.4 Å². The molecule has 3 rings (SSSR count). The van der Waals surface area contributed by atoms with Crippen LogP contribution < -0.4 is 4.72 Å². The Morgan fingerprint density at radius 3 is 2.30 bits per heavy atom. The molecule has 0 radical (unpaired) electrons. The minimum atomic E-state index is -3.71. The first-order chi connectivity index (χ1) is 12.6. The molecule has 0 bridgehead atoms. The second kappa shape index (κ2) is 7.30. The normalized spacial score (nSPS) is 20.8. The van der Waals surface area contributed by atoms with Crippen LogP contribution in [0.25, 0.3) is 11.1 Å². The molecule has 2 aromatic carbocycles. The maximum Gasteiger partial charge on any atom is 0.240 e. The lowest BCUT2D eigenvalue weighted by Gasteiger charge is -2.25. The zero-order chi connectivity index (χ0) is 19.8. The van der Waals surface area contributed by atoms with Crippen molar-refractivity contribution < 1.29 is 22.3 Å². The molecule has 0 amide bonds. The molecule has 2 atom stereocenters. The van der Waals surface area contributed by atoms with Gasteiger partial charge in [0.25, 0.3) is 0 Å². The SMILES string of the molecule is CC(C)(O)[C@H]1CC[C@H](NS(=O)(=O)c2ccc(-c3ccc(F)cc3F)cc2)C1. The van der Waals surface area contributed by atoms with Crippen molar-refractivity contribution >= 4 is 10.0 Å². The van der Waals surface area contributed by atoms with Crippen molar-refractivity contribution in [2.45, 2.75) is 49.6 Å². The minimum Gasteiger partial charge on any atom is -0.390 e. The van der Waals surface area contributed by atoms with Gasteiger partial charge in [0, 0.05) is 17.7 Å². The number of hydrogen-bond donors (Lipinski definition) is 2. The van der Waals surface area contributed by atoms with Gasteiger partial charge in [-0.15, -0.1) is 0 Å². The zero-order valence-corrected chi connectivity index (χ0v) is 16.1. The van der Waals surface area contributed by atoms with Gasteiger partial charge in [0.15, 0.2) is 0 Å². The van der Waals surface area contributed by atoms with E-state index in [1.807, 2.05) is 0 Å². The first-order valence-corrected chi connectivity index (χ1v) is 10.3. The molecule has 0 spiro atoms. The van der Waals surface area contributed by atoms with Crippen LogP contribution in [0.3, 0.4) is 0 Å². The molecule has 27 heavy (non-hydrogen) atoms. The quantitative estimate of drug-likeness (QED) is 0.808. The summed E-state index contributed by atoms with van der Waals surface area (Å²) in [5.74, 6) is -1.32. The molecular formula is C20H23F2NO3S. The maximum absolute atomic E-state index is 13.9. The van der Waals surface area contributed by atoms with Gasteiger partial charge >= 0.3 is 0 Å². The number of rotatable bonds is 5. The molecule has 2 aromatic rings. The Morgan fingerprint density at radius 1 is 1.07 bits per heavy atom. The lowest BCUT2D eigenvalue weighted by Crippen LogP contribution is -2.35.